The van der Waals surface area contributed by atoms with Crippen molar-refractivity contribution < 1.29 is 14.3 Å². The molecular formula is C16H19N3O3. The van der Waals surface area contributed by atoms with Gasteiger partial charge in [-0.25, -0.2) is 0 Å². The van der Waals surface area contributed by atoms with E-state index in [4.69, 9.17) is 9.47 Å². The maximum absolute atomic E-state index is 12.6. The van der Waals surface area contributed by atoms with Crippen molar-refractivity contribution in [2.75, 3.05) is 26.3 Å². The van der Waals surface area contributed by atoms with Gasteiger partial charge < -0.3 is 14.4 Å². The average molecular weight is 301 g/mol. The molecule has 6 heteroatoms. The number of carbonyl (C=O) groups excluding carboxylic acids is 1. The second kappa shape index (κ2) is 6.09. The summed E-state index contributed by atoms with van der Waals surface area (Å²) in [5, 5.41) is 6.96. The molecule has 1 N–H and O–H groups in total. The summed E-state index contributed by atoms with van der Waals surface area (Å²) < 4.78 is 11.1. The predicted octanol–water partition coefficient (Wildman–Crippen LogP) is 2.33. The molecule has 0 saturated carbocycles. The van der Waals surface area contributed by atoms with E-state index in [0.717, 1.165) is 11.3 Å². The van der Waals surface area contributed by atoms with Gasteiger partial charge in [0.2, 0.25) is 0 Å². The van der Waals surface area contributed by atoms with Gasteiger partial charge in [0.15, 0.2) is 11.5 Å². The highest BCUT2D eigenvalue weighted by Gasteiger charge is 2.21. The van der Waals surface area contributed by atoms with Crippen LogP contribution in [0, 0.1) is 0 Å². The van der Waals surface area contributed by atoms with Crippen LogP contribution in [0.15, 0.2) is 24.4 Å². The molecule has 1 aliphatic rings. The van der Waals surface area contributed by atoms with Crippen LogP contribution < -0.4 is 9.47 Å². The summed E-state index contributed by atoms with van der Waals surface area (Å²) in [5.41, 5.74) is 2.13. The first-order valence-corrected chi connectivity index (χ1v) is 7.47. The van der Waals surface area contributed by atoms with Crippen molar-refractivity contribution in [1.29, 1.82) is 0 Å². The zero-order valence-electron chi connectivity index (χ0n) is 12.8. The van der Waals surface area contributed by atoms with Gasteiger partial charge in [0.05, 0.1) is 17.5 Å². The van der Waals surface area contributed by atoms with Crippen molar-refractivity contribution in [3.8, 4) is 22.8 Å². The number of benzene rings is 1. The quantitative estimate of drug-likeness (QED) is 0.941. The van der Waals surface area contributed by atoms with Gasteiger partial charge in [-0.1, -0.05) is 0 Å². The lowest BCUT2D eigenvalue weighted by Crippen LogP contribution is -2.30. The van der Waals surface area contributed by atoms with Gasteiger partial charge in [0.1, 0.15) is 13.2 Å². The van der Waals surface area contributed by atoms with Crippen LogP contribution in [0.5, 0.6) is 11.5 Å². The summed E-state index contributed by atoms with van der Waals surface area (Å²) in [6.07, 6.45) is 1.58. The smallest absolute Gasteiger partial charge is 0.257 e. The lowest BCUT2D eigenvalue weighted by Gasteiger charge is -2.20. The van der Waals surface area contributed by atoms with Crippen LogP contribution in [0.3, 0.4) is 0 Å². The minimum absolute atomic E-state index is 0.0244. The summed E-state index contributed by atoms with van der Waals surface area (Å²) in [5.74, 6) is 1.40. The number of ether oxygens (including phenoxy) is 2. The number of fused-ring (bicyclic) bond motifs is 1. The average Bonchev–Trinajstić information content (AvgIpc) is 3.05. The molecule has 0 fully saturated rings. The third-order valence-electron chi connectivity index (χ3n) is 3.75. The number of nitrogens with zero attached hydrogens (tertiary/aromatic N) is 2. The Morgan fingerprint density at radius 2 is 1.95 bits per heavy atom. The zero-order chi connectivity index (χ0) is 15.5. The zero-order valence-corrected chi connectivity index (χ0v) is 12.8. The number of H-pyrrole nitrogens is 1. The molecule has 3 rings (SSSR count). The Morgan fingerprint density at radius 3 is 2.68 bits per heavy atom. The van der Waals surface area contributed by atoms with Crippen LogP contribution in [0.1, 0.15) is 24.2 Å². The van der Waals surface area contributed by atoms with Gasteiger partial charge in [-0.2, -0.15) is 5.10 Å². The summed E-state index contributed by atoms with van der Waals surface area (Å²) in [6, 6.07) is 5.64. The molecule has 0 aliphatic carbocycles. The maximum Gasteiger partial charge on any atom is 0.257 e. The van der Waals surface area contributed by atoms with E-state index in [1.165, 1.54) is 0 Å². The molecule has 6 nitrogen and oxygen atoms in total. The summed E-state index contributed by atoms with van der Waals surface area (Å²) in [6.45, 7) is 6.35. The fraction of sp³-hybridized carbons (Fsp3) is 0.375. The normalized spacial score (nSPS) is 13.0. The number of carbonyl (C=O) groups is 1. The second-order valence-corrected chi connectivity index (χ2v) is 4.99. The molecule has 116 valence electrons. The van der Waals surface area contributed by atoms with E-state index in [0.29, 0.717) is 43.3 Å². The van der Waals surface area contributed by atoms with Gasteiger partial charge >= 0.3 is 0 Å². The minimum Gasteiger partial charge on any atom is -0.486 e. The SMILES string of the molecule is CCN(CC)C(=O)c1cn[nH]c1-c1ccc2c(c1)OCCO2. The van der Waals surface area contributed by atoms with Gasteiger partial charge in [-0.05, 0) is 32.0 Å². The van der Waals surface area contributed by atoms with Crippen LogP contribution in [-0.4, -0.2) is 47.3 Å². The van der Waals surface area contributed by atoms with E-state index in [1.807, 2.05) is 32.0 Å². The van der Waals surface area contributed by atoms with Crippen LogP contribution >= 0.6 is 0 Å². The van der Waals surface area contributed by atoms with Crippen molar-refractivity contribution in [2.24, 2.45) is 0 Å². The minimum atomic E-state index is -0.0244. The maximum atomic E-state index is 12.6. The first kappa shape index (κ1) is 14.4. The molecule has 1 amide bonds. The molecule has 0 unspecified atom stereocenters. The lowest BCUT2D eigenvalue weighted by atomic mass is 10.1. The monoisotopic (exact) mass is 301 g/mol. The van der Waals surface area contributed by atoms with Crippen molar-refractivity contribution in [3.63, 3.8) is 0 Å². The van der Waals surface area contributed by atoms with Crippen molar-refractivity contribution in [1.82, 2.24) is 15.1 Å². The molecule has 0 atom stereocenters. The molecule has 1 aromatic heterocycles. The Morgan fingerprint density at radius 1 is 1.23 bits per heavy atom. The number of aromatic amines is 1. The third-order valence-corrected chi connectivity index (χ3v) is 3.75. The number of aromatic nitrogens is 2. The topological polar surface area (TPSA) is 67.5 Å². The molecule has 0 spiro atoms. The number of amides is 1. The number of hydrogen-bond donors (Lipinski definition) is 1. The molecule has 0 saturated heterocycles. The first-order chi connectivity index (χ1) is 10.7. The van der Waals surface area contributed by atoms with Crippen LogP contribution in [0.2, 0.25) is 0 Å². The molecule has 1 aliphatic heterocycles. The number of rotatable bonds is 4. The number of hydrogen-bond acceptors (Lipinski definition) is 4. The Kier molecular flexibility index (Phi) is 4.00. The molecule has 22 heavy (non-hydrogen) atoms. The lowest BCUT2D eigenvalue weighted by molar-refractivity contribution is 0.0774. The molecule has 2 heterocycles. The second-order valence-electron chi connectivity index (χ2n) is 4.99. The van der Waals surface area contributed by atoms with E-state index >= 15 is 0 Å². The Balaban J connectivity index is 1.96. The van der Waals surface area contributed by atoms with Crippen molar-refractivity contribution in [2.45, 2.75) is 13.8 Å². The Labute approximate surface area is 129 Å². The van der Waals surface area contributed by atoms with Crippen LogP contribution in [0.25, 0.3) is 11.3 Å². The summed E-state index contributed by atoms with van der Waals surface area (Å²) >= 11 is 0. The largest absolute Gasteiger partial charge is 0.486 e. The predicted molar refractivity (Wildman–Crippen MR) is 82.3 cm³/mol. The number of nitrogens with one attached hydrogen (secondary N) is 1. The molecule has 1 aromatic carbocycles. The van der Waals surface area contributed by atoms with Crippen molar-refractivity contribution in [3.05, 3.63) is 30.0 Å². The van der Waals surface area contributed by atoms with Crippen LogP contribution in [0.4, 0.5) is 0 Å². The summed E-state index contributed by atoms with van der Waals surface area (Å²) in [7, 11) is 0. The Bertz CT molecular complexity index is 677. The third kappa shape index (κ3) is 2.52. The highest BCUT2D eigenvalue weighted by atomic mass is 16.6. The fourth-order valence-electron chi connectivity index (χ4n) is 2.55. The van der Waals surface area contributed by atoms with E-state index in [9.17, 15) is 4.79 Å². The first-order valence-electron chi connectivity index (χ1n) is 7.47. The molecule has 0 bridgehead atoms. The Hall–Kier alpha value is -2.50. The highest BCUT2D eigenvalue weighted by Crippen LogP contribution is 2.35. The van der Waals surface area contributed by atoms with Gasteiger partial charge in [0, 0.05) is 18.7 Å². The van der Waals surface area contributed by atoms with Gasteiger partial charge in [-0.3, -0.25) is 9.89 Å². The fourth-order valence-corrected chi connectivity index (χ4v) is 2.55. The van der Waals surface area contributed by atoms with Gasteiger partial charge in [0.25, 0.3) is 5.91 Å². The van der Waals surface area contributed by atoms with Crippen LogP contribution in [-0.2, 0) is 0 Å². The van der Waals surface area contributed by atoms with Gasteiger partial charge in [-0.15, -0.1) is 0 Å². The standard InChI is InChI=1S/C16H19N3O3/c1-3-19(4-2)16(20)12-10-17-18-15(12)11-5-6-13-14(9-11)22-8-7-21-13/h5-6,9-10H,3-4,7-8H2,1-2H3,(H,17,18). The van der Waals surface area contributed by atoms with E-state index in [1.54, 1.807) is 11.1 Å². The van der Waals surface area contributed by atoms with Crippen molar-refractivity contribution >= 4 is 5.91 Å². The molecular weight excluding hydrogens is 282 g/mol. The molecule has 2 aromatic rings. The highest BCUT2D eigenvalue weighted by molar-refractivity contribution is 5.99. The molecule has 0 radical (unpaired) electrons. The van der Waals surface area contributed by atoms with E-state index in [2.05, 4.69) is 10.2 Å². The van der Waals surface area contributed by atoms with E-state index in [-0.39, 0.29) is 5.91 Å². The van der Waals surface area contributed by atoms with E-state index < -0.39 is 0 Å². The summed E-state index contributed by atoms with van der Waals surface area (Å²) in [4.78, 5) is 14.3.